The van der Waals surface area contributed by atoms with Crippen molar-refractivity contribution in [2.24, 2.45) is 0 Å². The van der Waals surface area contributed by atoms with Gasteiger partial charge in [-0.1, -0.05) is 146 Å². The largest absolute Gasteiger partial charge is 0.309 e. The van der Waals surface area contributed by atoms with Crippen molar-refractivity contribution in [1.29, 1.82) is 0 Å². The molecule has 0 bridgehead atoms. The summed E-state index contributed by atoms with van der Waals surface area (Å²) >= 11 is 0. The topological polar surface area (TPSA) is 28.5 Å². The fourth-order valence-corrected chi connectivity index (χ4v) is 15.9. The molecular formula is C78H44N6. The van der Waals surface area contributed by atoms with Gasteiger partial charge in [-0.2, -0.15) is 0 Å². The van der Waals surface area contributed by atoms with Crippen molar-refractivity contribution >= 4 is 163 Å². The Labute approximate surface area is 477 Å². The predicted molar refractivity (Wildman–Crippen MR) is 353 cm³/mol. The fraction of sp³-hybridized carbons (Fsp3) is 0. The van der Waals surface area contributed by atoms with Crippen LogP contribution in [0.4, 0.5) is 0 Å². The molecule has 0 saturated heterocycles. The summed E-state index contributed by atoms with van der Waals surface area (Å²) in [6.07, 6.45) is 0. The Bertz CT molecular complexity index is 5880. The van der Waals surface area contributed by atoms with E-state index < -0.39 is 0 Å². The number of para-hydroxylation sites is 8. The maximum absolute atomic E-state index is 2.58. The molecule has 0 fully saturated rings. The maximum Gasteiger partial charge on any atom is 0.0622 e. The van der Waals surface area contributed by atoms with Crippen molar-refractivity contribution in [1.82, 2.24) is 27.1 Å². The molecule has 0 amide bonds. The Balaban J connectivity index is 0.910. The van der Waals surface area contributed by atoms with E-state index in [0.29, 0.717) is 0 Å². The number of fused-ring (bicyclic) bond motifs is 24. The lowest BCUT2D eigenvalue weighted by atomic mass is 10.0. The Hall–Kier alpha value is -11.3. The van der Waals surface area contributed by atoms with Crippen LogP contribution in [0, 0.1) is 0 Å². The Kier molecular flexibility index (Phi) is 7.94. The van der Waals surface area contributed by atoms with Gasteiger partial charge in [0, 0.05) is 109 Å². The second kappa shape index (κ2) is 15.4. The highest BCUT2D eigenvalue weighted by Gasteiger charge is 2.27. The molecule has 6 nitrogen and oxygen atoms in total. The molecule has 0 atom stereocenters. The third-order valence-electron chi connectivity index (χ3n) is 19.2. The van der Waals surface area contributed by atoms with Gasteiger partial charge in [0.25, 0.3) is 0 Å². The minimum absolute atomic E-state index is 1.15. The number of benzene rings is 13. The van der Waals surface area contributed by atoms with E-state index in [4.69, 9.17) is 0 Å². The Morgan fingerprint density at radius 3 is 0.643 bits per heavy atom. The second-order valence-corrected chi connectivity index (χ2v) is 23.2. The summed E-state index contributed by atoms with van der Waals surface area (Å²) in [4.78, 5) is 0. The van der Waals surface area contributed by atoms with Crippen LogP contribution < -0.4 is 0 Å². The minimum Gasteiger partial charge on any atom is -0.309 e. The number of hydrogen-bond donors (Lipinski definition) is 0. The molecule has 8 heterocycles. The van der Waals surface area contributed by atoms with E-state index in [1.807, 2.05) is 0 Å². The van der Waals surface area contributed by atoms with Gasteiger partial charge in [-0.15, -0.1) is 0 Å². The Morgan fingerprint density at radius 2 is 0.369 bits per heavy atom. The smallest absolute Gasteiger partial charge is 0.0622 e. The number of nitrogens with zero attached hydrogens (tertiary/aromatic N) is 6. The van der Waals surface area contributed by atoms with Crippen LogP contribution in [0.5, 0.6) is 0 Å². The molecule has 0 unspecified atom stereocenters. The van der Waals surface area contributed by atoms with E-state index in [0.717, 1.165) is 22.7 Å². The van der Waals surface area contributed by atoms with E-state index in [-0.39, 0.29) is 0 Å². The molecule has 0 radical (unpaired) electrons. The summed E-state index contributed by atoms with van der Waals surface area (Å²) in [6, 6.07) is 100. The van der Waals surface area contributed by atoms with E-state index in [2.05, 4.69) is 294 Å². The molecule has 21 aromatic rings. The minimum atomic E-state index is 1.15. The number of rotatable bonds is 4. The van der Waals surface area contributed by atoms with Gasteiger partial charge in [-0.25, -0.2) is 0 Å². The lowest BCUT2D eigenvalue weighted by Crippen LogP contribution is -1.94. The van der Waals surface area contributed by atoms with Gasteiger partial charge < -0.3 is 27.1 Å². The van der Waals surface area contributed by atoms with Gasteiger partial charge in [0.1, 0.15) is 0 Å². The van der Waals surface area contributed by atoms with Crippen molar-refractivity contribution in [2.75, 3.05) is 0 Å². The van der Waals surface area contributed by atoms with Crippen molar-refractivity contribution in [3.63, 3.8) is 0 Å². The molecule has 0 saturated carbocycles. The van der Waals surface area contributed by atoms with Gasteiger partial charge >= 0.3 is 0 Å². The van der Waals surface area contributed by atoms with E-state index >= 15 is 0 Å². The summed E-state index contributed by atoms with van der Waals surface area (Å²) < 4.78 is 15.1. The number of hydrogen-bond acceptors (Lipinski definition) is 0. The monoisotopic (exact) mass is 1060 g/mol. The zero-order chi connectivity index (χ0) is 54.2. The summed E-state index contributed by atoms with van der Waals surface area (Å²) in [5, 5.41) is 19.9. The molecule has 84 heavy (non-hydrogen) atoms. The zero-order valence-corrected chi connectivity index (χ0v) is 45.1. The van der Waals surface area contributed by atoms with Crippen molar-refractivity contribution in [3.8, 4) is 22.7 Å². The maximum atomic E-state index is 2.58. The molecule has 0 aliphatic heterocycles. The summed E-state index contributed by atoms with van der Waals surface area (Å²) in [7, 11) is 0. The van der Waals surface area contributed by atoms with E-state index in [1.54, 1.807) is 0 Å². The van der Waals surface area contributed by atoms with Gasteiger partial charge in [-0.05, 0) is 121 Å². The van der Waals surface area contributed by atoms with Crippen LogP contribution in [-0.2, 0) is 0 Å². The molecule has 0 N–H and O–H groups in total. The van der Waals surface area contributed by atoms with Crippen molar-refractivity contribution < 1.29 is 0 Å². The fourth-order valence-electron chi connectivity index (χ4n) is 15.9. The molecule has 0 spiro atoms. The van der Waals surface area contributed by atoms with Gasteiger partial charge in [0.05, 0.1) is 77.2 Å². The van der Waals surface area contributed by atoms with Crippen LogP contribution in [0.25, 0.3) is 186 Å². The van der Waals surface area contributed by atoms with Crippen LogP contribution in [0.3, 0.4) is 0 Å². The molecule has 0 aliphatic rings. The highest BCUT2D eigenvalue weighted by molar-refractivity contribution is 6.30. The summed E-state index contributed by atoms with van der Waals surface area (Å²) in [6.45, 7) is 0. The molecule has 8 aromatic heterocycles. The average molecular weight is 1070 g/mol. The van der Waals surface area contributed by atoms with Gasteiger partial charge in [0.15, 0.2) is 0 Å². The molecular weight excluding hydrogens is 1020 g/mol. The Morgan fingerprint density at radius 1 is 0.143 bits per heavy atom. The summed E-state index contributed by atoms with van der Waals surface area (Å²) in [5.41, 5.74) is 21.5. The van der Waals surface area contributed by atoms with Crippen LogP contribution in [0.2, 0.25) is 0 Å². The average Bonchev–Trinajstić information content (AvgIpc) is 2.26. The molecule has 386 valence electrons. The van der Waals surface area contributed by atoms with E-state index in [1.165, 1.54) is 163 Å². The first-order chi connectivity index (χ1) is 41.7. The van der Waals surface area contributed by atoms with Crippen molar-refractivity contribution in [2.45, 2.75) is 0 Å². The summed E-state index contributed by atoms with van der Waals surface area (Å²) in [5.74, 6) is 0. The lowest BCUT2D eigenvalue weighted by Gasteiger charge is -2.11. The quantitative estimate of drug-likeness (QED) is 0.168. The second-order valence-electron chi connectivity index (χ2n) is 23.2. The van der Waals surface area contributed by atoms with Gasteiger partial charge in [-0.3, -0.25) is 0 Å². The predicted octanol–water partition coefficient (Wildman–Crippen LogP) is 20.4. The third kappa shape index (κ3) is 5.29. The van der Waals surface area contributed by atoms with Gasteiger partial charge in [0.2, 0.25) is 0 Å². The van der Waals surface area contributed by atoms with Crippen LogP contribution >= 0.6 is 0 Å². The highest BCUT2D eigenvalue weighted by atomic mass is 15.0. The first-order valence-corrected chi connectivity index (χ1v) is 29.1. The SMILES string of the molecule is c1ccc2c(c1)c1ccccc1n2-c1ccc2c(c1)c1cc(-n3c4ccccc4c4ccccc43)cc3c4cc5c6cc(-n7c8ccccc8c8ccccc87)cc7c8cc(-n9c%10ccccc%10c%10ccccc%109)ccc8n(c5cc4n2c13)c76. The van der Waals surface area contributed by atoms with Crippen LogP contribution in [0.1, 0.15) is 0 Å². The number of aromatic nitrogens is 6. The normalized spacial score (nSPS) is 12.8. The molecule has 0 aliphatic carbocycles. The zero-order valence-electron chi connectivity index (χ0n) is 45.1. The molecule has 13 aromatic carbocycles. The molecule has 21 rings (SSSR count). The first kappa shape index (κ1) is 43.5. The van der Waals surface area contributed by atoms with E-state index in [9.17, 15) is 0 Å². The van der Waals surface area contributed by atoms with Crippen LogP contribution in [0.15, 0.2) is 267 Å². The standard InChI is InChI=1S/C78H44N6/c1-9-25-65-49(17-1)50-18-2-10-26-66(50)79(65)45-33-35-73-57(37-45)61-39-47(81-69-29-13-5-21-53(69)54-22-6-14-30-70(54)81)41-63-59-43-60-64-42-48(82-71-31-15-7-23-55(71)56-24-8-16-32-72(56)82)40-62-58-38-46(80-67-27-11-3-19-51(67)52-20-4-12-28-68(52)80)34-36-74(58)84(78(62)64)76(60)44-75(59)83(73)77(61)63/h1-44H. The van der Waals surface area contributed by atoms with Crippen LogP contribution in [-0.4, -0.2) is 27.1 Å². The lowest BCUT2D eigenvalue weighted by molar-refractivity contribution is 1.18. The first-order valence-electron chi connectivity index (χ1n) is 29.1. The van der Waals surface area contributed by atoms with Crippen molar-refractivity contribution in [3.05, 3.63) is 267 Å². The third-order valence-corrected chi connectivity index (χ3v) is 19.2. The molecule has 6 heteroatoms. The highest BCUT2D eigenvalue weighted by Crippen LogP contribution is 2.49.